The van der Waals surface area contributed by atoms with Crippen molar-refractivity contribution < 1.29 is 0 Å². The summed E-state index contributed by atoms with van der Waals surface area (Å²) in [7, 11) is 1.54. The molecule has 0 aliphatic heterocycles. The van der Waals surface area contributed by atoms with Crippen LogP contribution in [-0.4, -0.2) is 24.7 Å². The van der Waals surface area contributed by atoms with E-state index in [4.69, 9.17) is 17.3 Å². The van der Waals surface area contributed by atoms with Gasteiger partial charge in [-0.2, -0.15) is 4.98 Å². The van der Waals surface area contributed by atoms with E-state index < -0.39 is 11.1 Å². The molecule has 8 nitrogen and oxygen atoms in total. The summed E-state index contributed by atoms with van der Waals surface area (Å²) >= 11 is 6.74. The third kappa shape index (κ3) is 2.36. The SMILES string of the molecule is Cn1[nH]c(=O)c(=O)nc1Sc1ncnc(Cl)c1N. The fourth-order valence-corrected chi connectivity index (χ4v) is 2.06. The number of nitrogens with zero attached hydrogens (tertiary/aromatic N) is 4. The number of nitrogens with two attached hydrogens (primary N) is 1. The molecular formula is C8H7ClN6O2S. The number of aryl methyl sites for hydroxylation is 1. The summed E-state index contributed by atoms with van der Waals surface area (Å²) in [6.45, 7) is 0. The van der Waals surface area contributed by atoms with Crippen molar-refractivity contribution in [2.45, 2.75) is 10.2 Å². The Balaban J connectivity index is 2.46. The zero-order valence-corrected chi connectivity index (χ0v) is 10.6. The normalized spacial score (nSPS) is 10.6. The minimum atomic E-state index is -0.880. The molecule has 0 aromatic carbocycles. The summed E-state index contributed by atoms with van der Waals surface area (Å²) in [6.07, 6.45) is 1.24. The molecule has 0 fully saturated rings. The van der Waals surface area contributed by atoms with Crippen LogP contribution in [0, 0.1) is 0 Å². The number of anilines is 1. The summed E-state index contributed by atoms with van der Waals surface area (Å²) in [6, 6.07) is 0. The predicted octanol–water partition coefficient (Wildman–Crippen LogP) is -0.355. The van der Waals surface area contributed by atoms with Crippen LogP contribution in [0.5, 0.6) is 0 Å². The van der Waals surface area contributed by atoms with E-state index in [9.17, 15) is 9.59 Å². The molecule has 0 amide bonds. The van der Waals surface area contributed by atoms with Gasteiger partial charge in [0.15, 0.2) is 10.3 Å². The Labute approximate surface area is 109 Å². The van der Waals surface area contributed by atoms with Crippen molar-refractivity contribution in [3.8, 4) is 0 Å². The number of H-pyrrole nitrogens is 1. The molecule has 10 heteroatoms. The molecule has 94 valence electrons. The van der Waals surface area contributed by atoms with Gasteiger partial charge in [-0.25, -0.2) is 9.97 Å². The van der Waals surface area contributed by atoms with E-state index in [2.05, 4.69) is 20.1 Å². The molecule has 18 heavy (non-hydrogen) atoms. The average molecular weight is 287 g/mol. The van der Waals surface area contributed by atoms with Crippen LogP contribution in [0.25, 0.3) is 0 Å². The molecule has 0 unspecified atom stereocenters. The Kier molecular flexibility index (Phi) is 3.34. The molecule has 0 saturated heterocycles. The molecule has 0 radical (unpaired) electrons. The van der Waals surface area contributed by atoms with Gasteiger partial charge in [0.25, 0.3) is 0 Å². The van der Waals surface area contributed by atoms with Crippen LogP contribution in [0.15, 0.2) is 26.1 Å². The Morgan fingerprint density at radius 2 is 2.17 bits per heavy atom. The Morgan fingerprint density at radius 3 is 2.89 bits per heavy atom. The lowest BCUT2D eigenvalue weighted by Crippen LogP contribution is -2.33. The largest absolute Gasteiger partial charge is 0.394 e. The predicted molar refractivity (Wildman–Crippen MR) is 65.7 cm³/mol. The molecule has 0 saturated carbocycles. The van der Waals surface area contributed by atoms with Gasteiger partial charge in [0.05, 0.1) is 0 Å². The molecule has 0 aliphatic rings. The summed E-state index contributed by atoms with van der Waals surface area (Å²) in [5.41, 5.74) is 4.19. The third-order valence-corrected chi connectivity index (χ3v) is 3.30. The highest BCUT2D eigenvalue weighted by Crippen LogP contribution is 2.30. The number of hydrogen-bond donors (Lipinski definition) is 2. The standard InChI is InChI=1S/C8H7ClN6O2S/c1-15-8(13-5(16)6(17)14-15)18-7-3(10)4(9)11-2-12-7/h2H,10H2,1H3,(H,14,17). The molecule has 0 atom stereocenters. The zero-order chi connectivity index (χ0) is 13.3. The van der Waals surface area contributed by atoms with Crippen molar-refractivity contribution in [2.75, 3.05) is 5.73 Å². The summed E-state index contributed by atoms with van der Waals surface area (Å²) in [5, 5.41) is 3.01. The second kappa shape index (κ2) is 4.78. The van der Waals surface area contributed by atoms with E-state index in [0.717, 1.165) is 11.8 Å². The van der Waals surface area contributed by atoms with Crippen LogP contribution in [0.2, 0.25) is 5.15 Å². The number of nitrogens with one attached hydrogen (secondary N) is 1. The lowest BCUT2D eigenvalue weighted by molar-refractivity contribution is 0.596. The quantitative estimate of drug-likeness (QED) is 0.571. The number of aromatic nitrogens is 5. The Bertz CT molecular complexity index is 711. The maximum absolute atomic E-state index is 11.2. The van der Waals surface area contributed by atoms with Crippen molar-refractivity contribution in [3.63, 3.8) is 0 Å². The van der Waals surface area contributed by atoms with Crippen LogP contribution in [0.1, 0.15) is 0 Å². The van der Waals surface area contributed by atoms with Crippen LogP contribution >= 0.6 is 23.4 Å². The first kappa shape index (κ1) is 12.6. The fraction of sp³-hybridized carbons (Fsp3) is 0.125. The molecular weight excluding hydrogens is 280 g/mol. The number of rotatable bonds is 2. The van der Waals surface area contributed by atoms with Gasteiger partial charge in [0.2, 0.25) is 0 Å². The number of nitrogen functional groups attached to an aromatic ring is 1. The van der Waals surface area contributed by atoms with E-state index in [1.165, 1.54) is 18.1 Å². The molecule has 2 aromatic heterocycles. The van der Waals surface area contributed by atoms with Crippen molar-refractivity contribution in [2.24, 2.45) is 7.05 Å². The van der Waals surface area contributed by atoms with Crippen molar-refractivity contribution in [1.82, 2.24) is 24.7 Å². The van der Waals surface area contributed by atoms with Crippen molar-refractivity contribution in [1.29, 1.82) is 0 Å². The smallest absolute Gasteiger partial charge is 0.339 e. The maximum atomic E-state index is 11.2. The molecule has 0 aliphatic carbocycles. The summed E-state index contributed by atoms with van der Waals surface area (Å²) in [4.78, 5) is 33.4. The van der Waals surface area contributed by atoms with Crippen LogP contribution in [0.4, 0.5) is 5.69 Å². The summed E-state index contributed by atoms with van der Waals surface area (Å²) in [5.74, 6) is 0. The van der Waals surface area contributed by atoms with Gasteiger partial charge in [-0.1, -0.05) is 11.6 Å². The highest BCUT2D eigenvalue weighted by Gasteiger charge is 2.11. The van der Waals surface area contributed by atoms with E-state index in [1.807, 2.05) is 0 Å². The van der Waals surface area contributed by atoms with Gasteiger partial charge >= 0.3 is 11.1 Å². The number of aromatic amines is 1. The minimum absolute atomic E-state index is 0.113. The first-order valence-electron chi connectivity index (χ1n) is 4.60. The first-order chi connectivity index (χ1) is 8.49. The van der Waals surface area contributed by atoms with Crippen LogP contribution < -0.4 is 16.9 Å². The Hall–Kier alpha value is -1.87. The van der Waals surface area contributed by atoms with E-state index in [0.29, 0.717) is 5.03 Å². The molecule has 2 aromatic rings. The zero-order valence-electron chi connectivity index (χ0n) is 9.05. The van der Waals surface area contributed by atoms with E-state index in [1.54, 1.807) is 0 Å². The third-order valence-electron chi connectivity index (χ3n) is 1.93. The highest BCUT2D eigenvalue weighted by atomic mass is 35.5. The molecule has 0 bridgehead atoms. The number of hydrogen-bond acceptors (Lipinski definition) is 7. The fourth-order valence-electron chi connectivity index (χ4n) is 1.08. The van der Waals surface area contributed by atoms with Gasteiger partial charge in [0, 0.05) is 7.05 Å². The number of halogens is 1. The molecule has 0 spiro atoms. The second-order valence-corrected chi connectivity index (χ2v) is 4.50. The van der Waals surface area contributed by atoms with Gasteiger partial charge in [0.1, 0.15) is 17.0 Å². The highest BCUT2D eigenvalue weighted by molar-refractivity contribution is 7.99. The van der Waals surface area contributed by atoms with Gasteiger partial charge in [-0.3, -0.25) is 19.4 Å². The van der Waals surface area contributed by atoms with Gasteiger partial charge < -0.3 is 5.73 Å². The van der Waals surface area contributed by atoms with Crippen molar-refractivity contribution in [3.05, 3.63) is 32.2 Å². The monoisotopic (exact) mass is 286 g/mol. The molecule has 2 rings (SSSR count). The molecule has 2 heterocycles. The second-order valence-electron chi connectivity index (χ2n) is 3.18. The van der Waals surface area contributed by atoms with Crippen LogP contribution in [0.3, 0.4) is 0 Å². The van der Waals surface area contributed by atoms with E-state index >= 15 is 0 Å². The summed E-state index contributed by atoms with van der Waals surface area (Å²) < 4.78 is 1.30. The lowest BCUT2D eigenvalue weighted by atomic mass is 10.6. The van der Waals surface area contributed by atoms with Crippen molar-refractivity contribution >= 4 is 29.1 Å². The van der Waals surface area contributed by atoms with Gasteiger partial charge in [-0.15, -0.1) is 0 Å². The minimum Gasteiger partial charge on any atom is -0.394 e. The van der Waals surface area contributed by atoms with Gasteiger partial charge in [-0.05, 0) is 11.8 Å². The topological polar surface area (TPSA) is 120 Å². The lowest BCUT2D eigenvalue weighted by Gasteiger charge is -2.07. The molecule has 3 N–H and O–H groups in total. The average Bonchev–Trinajstić information content (AvgIpc) is 2.32. The first-order valence-corrected chi connectivity index (χ1v) is 5.79. The van der Waals surface area contributed by atoms with Crippen LogP contribution in [-0.2, 0) is 7.05 Å². The van der Waals surface area contributed by atoms with E-state index in [-0.39, 0.29) is 16.0 Å². The maximum Gasteiger partial charge on any atom is 0.339 e. The Morgan fingerprint density at radius 1 is 1.44 bits per heavy atom.